The molecule has 1 amide bonds. The third-order valence-corrected chi connectivity index (χ3v) is 6.98. The summed E-state index contributed by atoms with van der Waals surface area (Å²) in [6, 6.07) is 0. The van der Waals surface area contributed by atoms with Crippen molar-refractivity contribution in [1.29, 1.82) is 0 Å². The molecule has 2 saturated heterocycles. The largest absolute Gasteiger partial charge is 0.342 e. The van der Waals surface area contributed by atoms with Gasteiger partial charge in [0.15, 0.2) is 5.16 Å². The Morgan fingerprint density at radius 1 is 1.11 bits per heavy atom. The van der Waals surface area contributed by atoms with Crippen LogP contribution in [-0.2, 0) is 11.2 Å². The normalized spacial score (nSPS) is 21.9. The first-order chi connectivity index (χ1) is 13.5. The Kier molecular flexibility index (Phi) is 7.75. The van der Waals surface area contributed by atoms with Gasteiger partial charge in [-0.1, -0.05) is 18.7 Å². The van der Waals surface area contributed by atoms with Gasteiger partial charge in [0.25, 0.3) is 0 Å². The molecule has 1 atom stereocenters. The highest BCUT2D eigenvalue weighted by molar-refractivity contribution is 7.98. The zero-order valence-electron chi connectivity index (χ0n) is 18.0. The fraction of sp³-hybridized carbons (Fsp3) is 0.773. The smallest absolute Gasteiger partial charge is 0.222 e. The first kappa shape index (κ1) is 21.6. The van der Waals surface area contributed by atoms with E-state index in [9.17, 15) is 4.79 Å². The summed E-state index contributed by atoms with van der Waals surface area (Å²) in [6.45, 7) is 11.9. The van der Waals surface area contributed by atoms with Crippen molar-refractivity contribution in [2.75, 3.05) is 39.0 Å². The predicted molar refractivity (Wildman–Crippen MR) is 116 cm³/mol. The molecule has 0 saturated carbocycles. The van der Waals surface area contributed by atoms with Crippen LogP contribution in [0.1, 0.15) is 56.0 Å². The summed E-state index contributed by atoms with van der Waals surface area (Å²) >= 11 is 1.57. The second-order valence-electron chi connectivity index (χ2n) is 8.69. The molecule has 156 valence electrons. The topological polar surface area (TPSA) is 49.3 Å². The Labute approximate surface area is 174 Å². The van der Waals surface area contributed by atoms with Crippen LogP contribution in [0.5, 0.6) is 0 Å². The van der Waals surface area contributed by atoms with E-state index in [4.69, 9.17) is 0 Å². The minimum atomic E-state index is 0.296. The maximum Gasteiger partial charge on any atom is 0.222 e. The average molecular weight is 405 g/mol. The van der Waals surface area contributed by atoms with Gasteiger partial charge in [0.05, 0.1) is 0 Å². The van der Waals surface area contributed by atoms with Crippen LogP contribution in [0.2, 0.25) is 0 Å². The van der Waals surface area contributed by atoms with Crippen LogP contribution >= 0.6 is 11.8 Å². The Balaban J connectivity index is 1.50. The van der Waals surface area contributed by atoms with E-state index in [2.05, 4.69) is 26.7 Å². The quantitative estimate of drug-likeness (QED) is 0.534. The van der Waals surface area contributed by atoms with Crippen molar-refractivity contribution in [3.05, 3.63) is 17.0 Å². The summed E-state index contributed by atoms with van der Waals surface area (Å²) in [5.74, 6) is 1.81. The number of aryl methyl sites for hydroxylation is 2. The van der Waals surface area contributed by atoms with Gasteiger partial charge in [-0.2, -0.15) is 0 Å². The van der Waals surface area contributed by atoms with Crippen LogP contribution < -0.4 is 0 Å². The molecular weight excluding hydrogens is 368 g/mol. The van der Waals surface area contributed by atoms with E-state index in [0.717, 1.165) is 54.0 Å². The molecule has 0 aromatic carbocycles. The van der Waals surface area contributed by atoms with Crippen molar-refractivity contribution in [2.45, 2.75) is 64.5 Å². The van der Waals surface area contributed by atoms with E-state index in [0.29, 0.717) is 18.2 Å². The highest BCUT2D eigenvalue weighted by Gasteiger charge is 2.26. The summed E-state index contributed by atoms with van der Waals surface area (Å²) < 4.78 is 0. The Morgan fingerprint density at radius 3 is 2.43 bits per heavy atom. The third kappa shape index (κ3) is 5.69. The standard InChI is InChI=1S/C22H36N4OS/c1-16-9-12-25(13-10-16)14-19-6-5-11-26(15-19)21(27)8-7-20-17(2)23-22(28-4)24-18(20)3/h16,19H,5-15H2,1-4H3/t19-/m0/s1. The average Bonchev–Trinajstić information content (AvgIpc) is 2.69. The summed E-state index contributed by atoms with van der Waals surface area (Å²) in [4.78, 5) is 26.7. The number of aromatic nitrogens is 2. The van der Waals surface area contributed by atoms with Crippen molar-refractivity contribution in [1.82, 2.24) is 19.8 Å². The van der Waals surface area contributed by atoms with Crippen LogP contribution in [0.4, 0.5) is 0 Å². The van der Waals surface area contributed by atoms with Crippen molar-refractivity contribution in [3.63, 3.8) is 0 Å². The second kappa shape index (κ2) is 10.1. The van der Waals surface area contributed by atoms with Gasteiger partial charge in [0.2, 0.25) is 5.91 Å². The van der Waals surface area contributed by atoms with Crippen LogP contribution in [0.3, 0.4) is 0 Å². The summed E-state index contributed by atoms with van der Waals surface area (Å²) in [5, 5.41) is 0.816. The van der Waals surface area contributed by atoms with E-state index < -0.39 is 0 Å². The zero-order chi connectivity index (χ0) is 20.1. The Morgan fingerprint density at radius 2 is 1.79 bits per heavy atom. The minimum Gasteiger partial charge on any atom is -0.342 e. The molecule has 0 N–H and O–H groups in total. The van der Waals surface area contributed by atoms with Gasteiger partial charge in [-0.25, -0.2) is 9.97 Å². The fourth-order valence-corrected chi connectivity index (χ4v) is 5.06. The molecule has 1 aromatic rings. The van der Waals surface area contributed by atoms with Gasteiger partial charge in [-0.3, -0.25) is 4.79 Å². The molecule has 0 spiro atoms. The number of nitrogens with zero attached hydrogens (tertiary/aromatic N) is 4. The van der Waals surface area contributed by atoms with Gasteiger partial charge in [-0.15, -0.1) is 0 Å². The van der Waals surface area contributed by atoms with Gasteiger partial charge in [0.1, 0.15) is 0 Å². The molecule has 0 unspecified atom stereocenters. The van der Waals surface area contributed by atoms with E-state index in [1.54, 1.807) is 11.8 Å². The van der Waals surface area contributed by atoms with Crippen LogP contribution in [0.15, 0.2) is 5.16 Å². The maximum absolute atomic E-state index is 12.9. The highest BCUT2D eigenvalue weighted by atomic mass is 32.2. The molecule has 5 nitrogen and oxygen atoms in total. The summed E-state index contributed by atoms with van der Waals surface area (Å²) in [6.07, 6.45) is 8.36. The monoisotopic (exact) mass is 404 g/mol. The zero-order valence-corrected chi connectivity index (χ0v) is 18.9. The minimum absolute atomic E-state index is 0.296. The van der Waals surface area contributed by atoms with Crippen molar-refractivity contribution >= 4 is 17.7 Å². The van der Waals surface area contributed by atoms with Gasteiger partial charge in [-0.05, 0) is 82.7 Å². The third-order valence-electron chi connectivity index (χ3n) is 6.44. The number of thioether (sulfide) groups is 1. The number of hydrogen-bond acceptors (Lipinski definition) is 5. The molecule has 0 radical (unpaired) electrons. The highest BCUT2D eigenvalue weighted by Crippen LogP contribution is 2.23. The first-order valence-electron chi connectivity index (χ1n) is 10.8. The maximum atomic E-state index is 12.9. The number of likely N-dealkylation sites (tertiary alicyclic amines) is 2. The van der Waals surface area contributed by atoms with E-state index in [-0.39, 0.29) is 0 Å². The molecule has 0 aliphatic carbocycles. The number of rotatable bonds is 6. The fourth-order valence-electron chi connectivity index (χ4n) is 4.60. The SMILES string of the molecule is CSc1nc(C)c(CCC(=O)N2CCC[C@@H](CN3CCC(C)CC3)C2)c(C)n1. The molecule has 3 heterocycles. The summed E-state index contributed by atoms with van der Waals surface area (Å²) in [7, 11) is 0. The lowest BCUT2D eigenvalue weighted by Gasteiger charge is -2.38. The lowest BCUT2D eigenvalue weighted by Crippen LogP contribution is -2.45. The van der Waals surface area contributed by atoms with Crippen LogP contribution in [0, 0.1) is 25.7 Å². The number of hydrogen-bond donors (Lipinski definition) is 0. The molecule has 1 aromatic heterocycles. The van der Waals surface area contributed by atoms with Crippen molar-refractivity contribution in [2.24, 2.45) is 11.8 Å². The van der Waals surface area contributed by atoms with Crippen LogP contribution in [0.25, 0.3) is 0 Å². The van der Waals surface area contributed by atoms with Gasteiger partial charge < -0.3 is 9.80 Å². The summed E-state index contributed by atoms with van der Waals surface area (Å²) in [5.41, 5.74) is 3.17. The molecule has 2 aliphatic heterocycles. The predicted octanol–water partition coefficient (Wildman–Crippen LogP) is 3.72. The van der Waals surface area contributed by atoms with Crippen molar-refractivity contribution in [3.8, 4) is 0 Å². The lowest BCUT2D eigenvalue weighted by molar-refractivity contribution is -0.133. The number of carbonyl (C=O) groups is 1. The van der Waals surface area contributed by atoms with Gasteiger partial charge >= 0.3 is 0 Å². The van der Waals surface area contributed by atoms with Gasteiger partial charge in [0, 0.05) is 37.4 Å². The van der Waals surface area contributed by atoms with E-state index in [1.165, 1.54) is 38.9 Å². The first-order valence-corrected chi connectivity index (χ1v) is 12.1. The molecule has 6 heteroatoms. The second-order valence-corrected chi connectivity index (χ2v) is 9.46. The molecule has 0 bridgehead atoms. The molecular formula is C22H36N4OS. The van der Waals surface area contributed by atoms with E-state index >= 15 is 0 Å². The number of piperidine rings is 2. The van der Waals surface area contributed by atoms with Crippen LogP contribution in [-0.4, -0.2) is 64.7 Å². The Hall–Kier alpha value is -1.14. The molecule has 2 aliphatic rings. The van der Waals surface area contributed by atoms with Crippen molar-refractivity contribution < 1.29 is 4.79 Å². The number of carbonyl (C=O) groups excluding carboxylic acids is 1. The van der Waals surface area contributed by atoms with E-state index in [1.807, 2.05) is 20.1 Å². The lowest BCUT2D eigenvalue weighted by atomic mass is 9.94. The Bertz CT molecular complexity index is 649. The molecule has 2 fully saturated rings. The molecule has 3 rings (SSSR count). The number of amides is 1. The molecule has 28 heavy (non-hydrogen) atoms.